The summed E-state index contributed by atoms with van der Waals surface area (Å²) in [6, 6.07) is 17.2. The summed E-state index contributed by atoms with van der Waals surface area (Å²) >= 11 is 7.78. The summed E-state index contributed by atoms with van der Waals surface area (Å²) < 4.78 is 0. The van der Waals surface area contributed by atoms with Crippen LogP contribution in [0, 0.1) is 0 Å². The number of benzene rings is 2. The van der Waals surface area contributed by atoms with Gasteiger partial charge in [0.25, 0.3) is 5.91 Å². The molecular formula is C22H19ClN2O4S. The van der Waals surface area contributed by atoms with E-state index in [1.807, 2.05) is 17.5 Å². The molecule has 0 spiro atoms. The van der Waals surface area contributed by atoms with Crippen LogP contribution in [0.25, 0.3) is 0 Å². The van der Waals surface area contributed by atoms with Crippen molar-refractivity contribution in [1.82, 2.24) is 0 Å². The lowest BCUT2D eigenvalue weighted by atomic mass is 10.1. The Morgan fingerprint density at radius 3 is 2.53 bits per heavy atom. The van der Waals surface area contributed by atoms with Crippen molar-refractivity contribution in [3.8, 4) is 0 Å². The Hall–Kier alpha value is -3.16. The van der Waals surface area contributed by atoms with Crippen LogP contribution >= 0.6 is 22.9 Å². The van der Waals surface area contributed by atoms with Crippen LogP contribution in [-0.2, 0) is 16.2 Å². The standard InChI is InChI=1S/C22H19ClN2O4S/c1-15(20-11-6-12-30-20)24-29-14-21(26)25(13-16-7-2-4-9-18(16)23)19-10-5-3-8-17(19)22(27)28/h2-12H,13-14H2,1H3,(H,27,28). The van der Waals surface area contributed by atoms with Crippen LogP contribution in [0.15, 0.2) is 71.2 Å². The van der Waals surface area contributed by atoms with Gasteiger partial charge in [-0.1, -0.05) is 53.2 Å². The lowest BCUT2D eigenvalue weighted by Gasteiger charge is -2.24. The number of rotatable bonds is 8. The van der Waals surface area contributed by atoms with Gasteiger partial charge in [0.05, 0.1) is 28.4 Å². The maximum Gasteiger partial charge on any atom is 0.337 e. The minimum atomic E-state index is -1.13. The fourth-order valence-corrected chi connectivity index (χ4v) is 3.65. The molecule has 0 saturated heterocycles. The SMILES string of the molecule is CC(=NOCC(=O)N(Cc1ccccc1Cl)c1ccccc1C(=O)O)c1cccs1. The smallest absolute Gasteiger partial charge is 0.337 e. The molecule has 3 rings (SSSR count). The second-order valence-electron chi connectivity index (χ2n) is 6.32. The zero-order valence-corrected chi connectivity index (χ0v) is 17.7. The van der Waals surface area contributed by atoms with Crippen LogP contribution in [0.5, 0.6) is 0 Å². The number of carboxylic acids is 1. The van der Waals surface area contributed by atoms with Gasteiger partial charge in [-0.25, -0.2) is 4.79 Å². The van der Waals surface area contributed by atoms with Crippen LogP contribution in [0.4, 0.5) is 5.69 Å². The van der Waals surface area contributed by atoms with Gasteiger partial charge in [-0.3, -0.25) is 4.79 Å². The molecule has 0 aliphatic rings. The zero-order chi connectivity index (χ0) is 21.5. The summed E-state index contributed by atoms with van der Waals surface area (Å²) in [5.41, 5.74) is 1.61. The molecule has 30 heavy (non-hydrogen) atoms. The van der Waals surface area contributed by atoms with Crippen molar-refractivity contribution in [2.45, 2.75) is 13.5 Å². The van der Waals surface area contributed by atoms with Crippen molar-refractivity contribution >= 4 is 46.2 Å². The number of para-hydroxylation sites is 1. The zero-order valence-electron chi connectivity index (χ0n) is 16.1. The molecule has 2 aromatic carbocycles. The highest BCUT2D eigenvalue weighted by Gasteiger charge is 2.23. The highest BCUT2D eigenvalue weighted by molar-refractivity contribution is 7.12. The molecule has 0 unspecified atom stereocenters. The Kier molecular flexibility index (Phi) is 7.21. The van der Waals surface area contributed by atoms with Gasteiger partial charge >= 0.3 is 5.97 Å². The monoisotopic (exact) mass is 442 g/mol. The Bertz CT molecular complexity index is 1070. The van der Waals surface area contributed by atoms with Crippen molar-refractivity contribution in [3.63, 3.8) is 0 Å². The second-order valence-corrected chi connectivity index (χ2v) is 7.68. The predicted octanol–water partition coefficient (Wildman–Crippen LogP) is 5.07. The van der Waals surface area contributed by atoms with Crippen LogP contribution in [-0.4, -0.2) is 29.3 Å². The van der Waals surface area contributed by atoms with Gasteiger partial charge in [-0.15, -0.1) is 11.3 Å². The van der Waals surface area contributed by atoms with E-state index in [9.17, 15) is 14.7 Å². The molecule has 3 aromatic rings. The molecule has 154 valence electrons. The minimum absolute atomic E-state index is 0.0103. The number of thiophene rings is 1. The van der Waals surface area contributed by atoms with Gasteiger partial charge in [0.1, 0.15) is 0 Å². The lowest BCUT2D eigenvalue weighted by Crippen LogP contribution is -2.34. The number of aromatic carboxylic acids is 1. The summed E-state index contributed by atoms with van der Waals surface area (Å²) in [6.45, 7) is 1.54. The molecule has 0 bridgehead atoms. The predicted molar refractivity (Wildman–Crippen MR) is 119 cm³/mol. The average Bonchev–Trinajstić information content (AvgIpc) is 3.28. The largest absolute Gasteiger partial charge is 0.478 e. The van der Waals surface area contributed by atoms with Gasteiger partial charge < -0.3 is 14.8 Å². The number of halogens is 1. The third-order valence-corrected chi connectivity index (χ3v) is 5.63. The number of carbonyl (C=O) groups is 2. The lowest BCUT2D eigenvalue weighted by molar-refractivity contribution is -0.123. The maximum absolute atomic E-state index is 13.0. The number of hydrogen-bond donors (Lipinski definition) is 1. The molecule has 1 N–H and O–H groups in total. The van der Waals surface area contributed by atoms with Gasteiger partial charge in [0.15, 0.2) is 6.61 Å². The number of amides is 1. The number of carboxylic acid groups (broad SMARTS) is 1. The molecule has 0 fully saturated rings. The number of nitrogens with zero attached hydrogens (tertiary/aromatic N) is 2. The van der Waals surface area contributed by atoms with E-state index in [-0.39, 0.29) is 24.4 Å². The molecule has 0 aliphatic heterocycles. The second kappa shape index (κ2) is 10.0. The van der Waals surface area contributed by atoms with E-state index in [4.69, 9.17) is 16.4 Å². The summed E-state index contributed by atoms with van der Waals surface area (Å²) in [5.74, 6) is -1.57. The summed E-state index contributed by atoms with van der Waals surface area (Å²) in [7, 11) is 0. The third-order valence-electron chi connectivity index (χ3n) is 4.28. The molecule has 1 aromatic heterocycles. The molecule has 0 aliphatic carbocycles. The van der Waals surface area contributed by atoms with Crippen LogP contribution in [0.3, 0.4) is 0 Å². The van der Waals surface area contributed by atoms with E-state index in [0.29, 0.717) is 16.3 Å². The average molecular weight is 443 g/mol. The maximum atomic E-state index is 13.0. The van der Waals surface area contributed by atoms with Crippen LogP contribution in [0.1, 0.15) is 27.7 Å². The third kappa shape index (κ3) is 5.25. The number of carbonyl (C=O) groups excluding carboxylic acids is 1. The van der Waals surface area contributed by atoms with Crippen molar-refractivity contribution in [3.05, 3.63) is 87.1 Å². The fraction of sp³-hybridized carbons (Fsp3) is 0.136. The molecule has 0 radical (unpaired) electrons. The Labute approximate surface area is 183 Å². The summed E-state index contributed by atoms with van der Waals surface area (Å²) in [6.07, 6.45) is 0. The van der Waals surface area contributed by atoms with Gasteiger partial charge in [-0.05, 0) is 42.1 Å². The first kappa shape index (κ1) is 21.5. The first-order valence-electron chi connectivity index (χ1n) is 9.04. The van der Waals surface area contributed by atoms with E-state index in [2.05, 4.69) is 5.16 Å². The molecule has 1 amide bonds. The highest BCUT2D eigenvalue weighted by Crippen LogP contribution is 2.25. The van der Waals surface area contributed by atoms with E-state index < -0.39 is 11.9 Å². The molecule has 0 atom stereocenters. The van der Waals surface area contributed by atoms with Crippen molar-refractivity contribution in [2.24, 2.45) is 5.16 Å². The molecular weight excluding hydrogens is 424 g/mol. The fourth-order valence-electron chi connectivity index (χ4n) is 2.79. The van der Waals surface area contributed by atoms with E-state index >= 15 is 0 Å². The van der Waals surface area contributed by atoms with E-state index in [1.54, 1.807) is 49.4 Å². The first-order valence-corrected chi connectivity index (χ1v) is 10.3. The quantitative estimate of drug-likeness (QED) is 0.390. The summed E-state index contributed by atoms with van der Waals surface area (Å²) in [4.78, 5) is 32.2. The van der Waals surface area contributed by atoms with Crippen LogP contribution in [0.2, 0.25) is 5.02 Å². The topological polar surface area (TPSA) is 79.2 Å². The molecule has 0 saturated carbocycles. The highest BCUT2D eigenvalue weighted by atomic mass is 35.5. The summed E-state index contributed by atoms with van der Waals surface area (Å²) in [5, 5.41) is 16.0. The number of anilines is 1. The molecule has 6 nitrogen and oxygen atoms in total. The van der Waals surface area contributed by atoms with Gasteiger partial charge in [0.2, 0.25) is 0 Å². The Morgan fingerprint density at radius 1 is 1.10 bits per heavy atom. The van der Waals surface area contributed by atoms with Crippen LogP contribution < -0.4 is 4.90 Å². The van der Waals surface area contributed by atoms with Gasteiger partial charge in [0, 0.05) is 5.02 Å². The molecule has 8 heteroatoms. The van der Waals surface area contributed by atoms with Crippen molar-refractivity contribution in [1.29, 1.82) is 0 Å². The number of hydrogen-bond acceptors (Lipinski definition) is 5. The Morgan fingerprint density at radius 2 is 1.83 bits per heavy atom. The normalized spacial score (nSPS) is 11.2. The Balaban J connectivity index is 1.85. The van der Waals surface area contributed by atoms with Crippen molar-refractivity contribution < 1.29 is 19.5 Å². The van der Waals surface area contributed by atoms with E-state index in [0.717, 1.165) is 4.88 Å². The van der Waals surface area contributed by atoms with Crippen molar-refractivity contribution in [2.75, 3.05) is 11.5 Å². The first-order chi connectivity index (χ1) is 14.5. The number of oxime groups is 1. The van der Waals surface area contributed by atoms with Gasteiger partial charge in [-0.2, -0.15) is 0 Å². The molecule has 1 heterocycles. The minimum Gasteiger partial charge on any atom is -0.478 e. The van der Waals surface area contributed by atoms with E-state index in [1.165, 1.54) is 22.3 Å².